The van der Waals surface area contributed by atoms with Crippen LogP contribution in [-0.2, 0) is 6.42 Å². The summed E-state index contributed by atoms with van der Waals surface area (Å²) in [5.74, 6) is 4.30. The predicted molar refractivity (Wildman–Crippen MR) is 72.9 cm³/mol. The Hall–Kier alpha value is -0.570. The zero-order valence-electron chi connectivity index (χ0n) is 11.4. The Morgan fingerprint density at radius 1 is 1.16 bits per heavy atom. The highest BCUT2D eigenvalue weighted by atomic mass is 35.5. The second kappa shape index (κ2) is 4.21. The first-order chi connectivity index (χ1) is 9.12. The van der Waals surface area contributed by atoms with Crippen LogP contribution < -0.4 is 0 Å². The van der Waals surface area contributed by atoms with E-state index in [1.54, 1.807) is 0 Å². The van der Waals surface area contributed by atoms with Crippen LogP contribution in [0, 0.1) is 23.2 Å². The lowest BCUT2D eigenvalue weighted by Gasteiger charge is -2.56. The van der Waals surface area contributed by atoms with Crippen molar-refractivity contribution in [3.05, 3.63) is 11.8 Å². The van der Waals surface area contributed by atoms with Gasteiger partial charge in [0.25, 0.3) is 0 Å². The van der Waals surface area contributed by atoms with Gasteiger partial charge in [-0.15, -0.1) is 21.8 Å². The van der Waals surface area contributed by atoms with Gasteiger partial charge in [0.15, 0.2) is 0 Å². The minimum absolute atomic E-state index is 0.183. The molecule has 0 saturated heterocycles. The normalized spacial score (nSPS) is 41.7. The van der Waals surface area contributed by atoms with E-state index in [-0.39, 0.29) is 5.38 Å². The molecular weight excluding hydrogens is 260 g/mol. The van der Waals surface area contributed by atoms with Crippen molar-refractivity contribution < 1.29 is 4.42 Å². The van der Waals surface area contributed by atoms with Crippen molar-refractivity contribution in [2.75, 3.05) is 0 Å². The second-order valence-corrected chi connectivity index (χ2v) is 7.90. The number of rotatable bonds is 3. The van der Waals surface area contributed by atoms with Gasteiger partial charge in [-0.3, -0.25) is 0 Å². The van der Waals surface area contributed by atoms with Crippen molar-refractivity contribution in [2.24, 2.45) is 23.2 Å². The van der Waals surface area contributed by atoms with Crippen LogP contribution in [0.3, 0.4) is 0 Å². The van der Waals surface area contributed by atoms with Crippen molar-refractivity contribution in [1.29, 1.82) is 0 Å². The number of alkyl halides is 1. The predicted octanol–water partition coefficient (Wildman–Crippen LogP) is 4.13. The van der Waals surface area contributed by atoms with Crippen molar-refractivity contribution in [3.63, 3.8) is 0 Å². The summed E-state index contributed by atoms with van der Waals surface area (Å²) < 4.78 is 5.73. The summed E-state index contributed by atoms with van der Waals surface area (Å²) in [6, 6.07) is 0. The number of halogens is 1. The van der Waals surface area contributed by atoms with Crippen molar-refractivity contribution in [3.8, 4) is 0 Å². The van der Waals surface area contributed by atoms with Crippen LogP contribution in [0.2, 0.25) is 0 Å². The highest BCUT2D eigenvalue weighted by molar-refractivity contribution is 6.20. The molecule has 0 aromatic carbocycles. The minimum Gasteiger partial charge on any atom is -0.424 e. The summed E-state index contributed by atoms with van der Waals surface area (Å²) in [6.45, 7) is 1.88. The van der Waals surface area contributed by atoms with E-state index < -0.39 is 0 Å². The molecule has 0 N–H and O–H groups in total. The molecule has 0 spiro atoms. The zero-order valence-corrected chi connectivity index (χ0v) is 12.2. The Kier molecular flexibility index (Phi) is 2.70. The molecule has 4 bridgehead atoms. The first-order valence-corrected chi connectivity index (χ1v) is 8.02. The first kappa shape index (κ1) is 12.2. The maximum Gasteiger partial charge on any atom is 0.234 e. The molecule has 104 valence electrons. The Morgan fingerprint density at radius 2 is 1.74 bits per heavy atom. The van der Waals surface area contributed by atoms with E-state index in [2.05, 4.69) is 10.2 Å². The fourth-order valence-corrected chi connectivity index (χ4v) is 5.41. The third-order valence-corrected chi connectivity index (χ3v) is 5.70. The zero-order chi connectivity index (χ0) is 13.0. The maximum absolute atomic E-state index is 6.00. The van der Waals surface area contributed by atoms with E-state index in [0.717, 1.165) is 30.1 Å². The van der Waals surface area contributed by atoms with Gasteiger partial charge in [0.05, 0.1) is 0 Å². The molecule has 3 nitrogen and oxygen atoms in total. The van der Waals surface area contributed by atoms with E-state index in [1.807, 2.05) is 6.92 Å². The minimum atomic E-state index is -0.183. The summed E-state index contributed by atoms with van der Waals surface area (Å²) in [6.07, 6.45) is 9.56. The topological polar surface area (TPSA) is 38.9 Å². The van der Waals surface area contributed by atoms with E-state index in [0.29, 0.717) is 11.3 Å². The van der Waals surface area contributed by atoms with Gasteiger partial charge < -0.3 is 4.42 Å². The largest absolute Gasteiger partial charge is 0.424 e. The fourth-order valence-electron chi connectivity index (χ4n) is 5.33. The van der Waals surface area contributed by atoms with E-state index in [1.165, 1.54) is 38.5 Å². The van der Waals surface area contributed by atoms with Gasteiger partial charge in [-0.2, -0.15) is 0 Å². The quantitative estimate of drug-likeness (QED) is 0.782. The summed E-state index contributed by atoms with van der Waals surface area (Å²) in [5, 5.41) is 8.09. The summed E-state index contributed by atoms with van der Waals surface area (Å²) in [5.41, 5.74) is 0.466. The molecule has 0 aliphatic heterocycles. The molecule has 1 unspecified atom stereocenters. The Balaban J connectivity index is 1.55. The van der Waals surface area contributed by atoms with Crippen molar-refractivity contribution >= 4 is 11.6 Å². The monoisotopic (exact) mass is 280 g/mol. The van der Waals surface area contributed by atoms with Crippen LogP contribution in [0.4, 0.5) is 0 Å². The van der Waals surface area contributed by atoms with E-state index in [4.69, 9.17) is 16.0 Å². The lowest BCUT2D eigenvalue weighted by atomic mass is 9.49. The molecule has 1 aromatic heterocycles. The third-order valence-electron chi connectivity index (χ3n) is 5.51. The molecule has 1 heterocycles. The van der Waals surface area contributed by atoms with Crippen LogP contribution in [0.5, 0.6) is 0 Å². The SMILES string of the molecule is CC(Cl)c1nnc(CC23CC4CC(CC(C4)C2)C3)o1. The van der Waals surface area contributed by atoms with Crippen LogP contribution in [0.25, 0.3) is 0 Å². The molecule has 0 amide bonds. The average Bonchev–Trinajstić information content (AvgIpc) is 2.74. The molecule has 4 heteroatoms. The molecule has 4 fully saturated rings. The number of hydrogen-bond donors (Lipinski definition) is 0. The maximum atomic E-state index is 6.00. The van der Waals surface area contributed by atoms with Crippen LogP contribution >= 0.6 is 11.6 Å². The lowest BCUT2D eigenvalue weighted by molar-refractivity contribution is -0.0551. The van der Waals surface area contributed by atoms with Crippen LogP contribution in [0.15, 0.2) is 4.42 Å². The Morgan fingerprint density at radius 3 is 2.21 bits per heavy atom. The van der Waals surface area contributed by atoms with Crippen LogP contribution in [-0.4, -0.2) is 10.2 Å². The highest BCUT2D eigenvalue weighted by Crippen LogP contribution is 2.60. The smallest absolute Gasteiger partial charge is 0.234 e. The van der Waals surface area contributed by atoms with Crippen molar-refractivity contribution in [1.82, 2.24) is 10.2 Å². The molecular formula is C15H21ClN2O. The number of hydrogen-bond acceptors (Lipinski definition) is 3. The van der Waals surface area contributed by atoms with Gasteiger partial charge >= 0.3 is 0 Å². The van der Waals surface area contributed by atoms with E-state index >= 15 is 0 Å². The number of nitrogens with zero attached hydrogens (tertiary/aromatic N) is 2. The van der Waals surface area contributed by atoms with Gasteiger partial charge in [-0.05, 0) is 68.6 Å². The van der Waals surface area contributed by atoms with Gasteiger partial charge in [-0.25, -0.2) is 0 Å². The molecule has 5 rings (SSSR count). The molecule has 1 atom stereocenters. The van der Waals surface area contributed by atoms with Gasteiger partial charge in [0.2, 0.25) is 11.8 Å². The number of aromatic nitrogens is 2. The average molecular weight is 281 g/mol. The standard InChI is InChI=1S/C15H21ClN2O/c1-9(16)14-18-17-13(19-14)8-15-5-10-2-11(6-15)4-12(3-10)7-15/h9-12H,2-8H2,1H3. The molecule has 4 aliphatic rings. The van der Waals surface area contributed by atoms with Gasteiger partial charge in [-0.1, -0.05) is 0 Å². The van der Waals surface area contributed by atoms with Gasteiger partial charge in [0.1, 0.15) is 5.38 Å². The highest BCUT2D eigenvalue weighted by Gasteiger charge is 2.51. The van der Waals surface area contributed by atoms with Crippen LogP contribution in [0.1, 0.15) is 62.6 Å². The lowest BCUT2D eigenvalue weighted by Crippen LogP contribution is -2.47. The fraction of sp³-hybridized carbons (Fsp3) is 0.867. The summed E-state index contributed by atoms with van der Waals surface area (Å²) in [4.78, 5) is 0. The Labute approximate surface area is 119 Å². The van der Waals surface area contributed by atoms with E-state index in [9.17, 15) is 0 Å². The molecule has 1 aromatic rings. The summed E-state index contributed by atoms with van der Waals surface area (Å²) >= 11 is 6.00. The second-order valence-electron chi connectivity index (χ2n) is 7.24. The third kappa shape index (κ3) is 2.10. The summed E-state index contributed by atoms with van der Waals surface area (Å²) in [7, 11) is 0. The molecule has 0 radical (unpaired) electrons. The van der Waals surface area contributed by atoms with Crippen molar-refractivity contribution in [2.45, 2.75) is 57.2 Å². The van der Waals surface area contributed by atoms with Gasteiger partial charge in [0, 0.05) is 6.42 Å². The molecule has 4 saturated carbocycles. The molecule has 4 aliphatic carbocycles. The first-order valence-electron chi connectivity index (χ1n) is 7.58. The molecule has 19 heavy (non-hydrogen) atoms. The Bertz CT molecular complexity index is 447.